The van der Waals surface area contributed by atoms with Crippen molar-refractivity contribution in [2.75, 3.05) is 13.7 Å². The molecular formula is C34H40O7. The van der Waals surface area contributed by atoms with Gasteiger partial charge in [0.05, 0.1) is 12.2 Å². The zero-order valence-electron chi connectivity index (χ0n) is 24.3. The van der Waals surface area contributed by atoms with Crippen LogP contribution in [0.1, 0.15) is 58.8 Å². The molecule has 1 fully saturated rings. The van der Waals surface area contributed by atoms with Crippen LogP contribution in [0.5, 0.6) is 17.2 Å². The first-order chi connectivity index (χ1) is 19.7. The Morgan fingerprint density at radius 3 is 2.20 bits per heavy atom. The number of methoxy groups -OCH3 is 1. The second kappa shape index (κ2) is 15.7. The Hall–Kier alpha value is -3.97. The fourth-order valence-corrected chi connectivity index (χ4v) is 4.69. The summed E-state index contributed by atoms with van der Waals surface area (Å²) in [7, 11) is 1.47. The van der Waals surface area contributed by atoms with Crippen LogP contribution in [0, 0.1) is 11.8 Å². The predicted molar refractivity (Wildman–Crippen MR) is 159 cm³/mol. The summed E-state index contributed by atoms with van der Waals surface area (Å²) in [5.41, 5.74) is 1.90. The minimum absolute atomic E-state index is 0.0794. The fourth-order valence-electron chi connectivity index (χ4n) is 4.69. The SMILES string of the molecule is C=C(C)C(=O)Oc1ccc(-c2ccc(OC(=O)C(=C)COC)cc2)cc1OC(=O)/C=C/C1CCC(CCCC)CC1. The molecule has 0 atom stereocenters. The van der Waals surface area contributed by atoms with Gasteiger partial charge in [0.2, 0.25) is 0 Å². The highest BCUT2D eigenvalue weighted by Gasteiger charge is 2.20. The largest absolute Gasteiger partial charge is 0.423 e. The Bertz CT molecular complexity index is 1260. The van der Waals surface area contributed by atoms with Crippen LogP contribution in [0.3, 0.4) is 0 Å². The van der Waals surface area contributed by atoms with Gasteiger partial charge >= 0.3 is 17.9 Å². The van der Waals surface area contributed by atoms with Crippen molar-refractivity contribution in [1.82, 2.24) is 0 Å². The zero-order chi connectivity index (χ0) is 29.8. The fraction of sp³-hybridized carbons (Fsp3) is 0.382. The molecule has 218 valence electrons. The Balaban J connectivity index is 1.72. The summed E-state index contributed by atoms with van der Waals surface area (Å²) >= 11 is 0. The maximum absolute atomic E-state index is 12.8. The molecule has 7 heteroatoms. The first kappa shape index (κ1) is 31.6. The van der Waals surface area contributed by atoms with Crippen molar-refractivity contribution >= 4 is 17.9 Å². The molecule has 0 radical (unpaired) electrons. The minimum atomic E-state index is -0.619. The second-order valence-corrected chi connectivity index (χ2v) is 10.5. The topological polar surface area (TPSA) is 88.1 Å². The van der Waals surface area contributed by atoms with E-state index < -0.39 is 17.9 Å². The van der Waals surface area contributed by atoms with Gasteiger partial charge < -0.3 is 18.9 Å². The molecule has 0 unspecified atom stereocenters. The summed E-state index contributed by atoms with van der Waals surface area (Å²) in [6.07, 6.45) is 11.7. The number of benzene rings is 2. The van der Waals surface area contributed by atoms with E-state index in [1.54, 1.807) is 49.4 Å². The molecule has 7 nitrogen and oxygen atoms in total. The van der Waals surface area contributed by atoms with E-state index >= 15 is 0 Å². The van der Waals surface area contributed by atoms with Gasteiger partial charge in [-0.15, -0.1) is 0 Å². The van der Waals surface area contributed by atoms with E-state index in [0.717, 1.165) is 24.3 Å². The maximum Gasteiger partial charge on any atom is 0.341 e. The molecule has 0 N–H and O–H groups in total. The van der Waals surface area contributed by atoms with Crippen LogP contribution in [0.2, 0.25) is 0 Å². The number of esters is 3. The third-order valence-electron chi connectivity index (χ3n) is 7.07. The number of hydrogen-bond donors (Lipinski definition) is 0. The van der Waals surface area contributed by atoms with Crippen molar-refractivity contribution in [3.63, 3.8) is 0 Å². The number of hydrogen-bond acceptors (Lipinski definition) is 7. The molecule has 0 heterocycles. The summed E-state index contributed by atoms with van der Waals surface area (Å²) in [6.45, 7) is 11.1. The number of rotatable bonds is 13. The van der Waals surface area contributed by atoms with Crippen molar-refractivity contribution in [1.29, 1.82) is 0 Å². The smallest absolute Gasteiger partial charge is 0.341 e. The number of carbonyl (C=O) groups is 3. The highest BCUT2D eigenvalue weighted by molar-refractivity contribution is 5.91. The van der Waals surface area contributed by atoms with E-state index in [9.17, 15) is 14.4 Å². The molecule has 0 aromatic heterocycles. The highest BCUT2D eigenvalue weighted by Crippen LogP contribution is 2.35. The van der Waals surface area contributed by atoms with Gasteiger partial charge in [0, 0.05) is 18.8 Å². The minimum Gasteiger partial charge on any atom is -0.423 e. The van der Waals surface area contributed by atoms with Gasteiger partial charge in [-0.25, -0.2) is 14.4 Å². The lowest BCUT2D eigenvalue weighted by Gasteiger charge is -2.26. The maximum atomic E-state index is 12.8. The van der Waals surface area contributed by atoms with E-state index in [-0.39, 0.29) is 29.3 Å². The van der Waals surface area contributed by atoms with Crippen molar-refractivity contribution < 1.29 is 33.3 Å². The van der Waals surface area contributed by atoms with Crippen LogP contribution in [0.4, 0.5) is 0 Å². The molecule has 41 heavy (non-hydrogen) atoms. The van der Waals surface area contributed by atoms with Gasteiger partial charge in [0.25, 0.3) is 0 Å². The van der Waals surface area contributed by atoms with Gasteiger partial charge in [0.1, 0.15) is 5.75 Å². The zero-order valence-corrected chi connectivity index (χ0v) is 24.3. The summed E-state index contributed by atoms with van der Waals surface area (Å²) in [4.78, 5) is 37.1. The number of carbonyl (C=O) groups excluding carboxylic acids is 3. The molecule has 2 aromatic rings. The first-order valence-corrected chi connectivity index (χ1v) is 14.1. The quantitative estimate of drug-likeness (QED) is 0.143. The lowest BCUT2D eigenvalue weighted by molar-refractivity contribution is -0.132. The van der Waals surface area contributed by atoms with Crippen molar-refractivity contribution in [2.24, 2.45) is 11.8 Å². The van der Waals surface area contributed by atoms with Crippen molar-refractivity contribution in [3.05, 3.63) is 78.9 Å². The lowest BCUT2D eigenvalue weighted by atomic mass is 9.80. The van der Waals surface area contributed by atoms with Crippen molar-refractivity contribution in [3.8, 4) is 28.4 Å². The standard InChI is InChI=1S/C34H40O7/c1-6-7-8-25-9-11-26(12-10-25)13-20-32(35)40-31-21-28(16-19-30(31)41-33(36)23(2)3)27-14-17-29(18-15-27)39-34(37)24(4)22-38-5/h13-21,25-26H,2,4,6-12,22H2,1,3,5H3/b20-13+. The molecule has 0 amide bonds. The summed E-state index contributed by atoms with van der Waals surface area (Å²) in [5.74, 6) is -0.0197. The van der Waals surface area contributed by atoms with Crippen molar-refractivity contribution in [2.45, 2.75) is 58.8 Å². The molecule has 0 saturated heterocycles. The molecule has 0 spiro atoms. The third-order valence-corrected chi connectivity index (χ3v) is 7.07. The van der Waals surface area contributed by atoms with E-state index in [2.05, 4.69) is 20.1 Å². The second-order valence-electron chi connectivity index (χ2n) is 10.5. The molecule has 1 aliphatic carbocycles. The monoisotopic (exact) mass is 560 g/mol. The van der Waals surface area contributed by atoms with Crippen LogP contribution in [-0.2, 0) is 19.1 Å². The van der Waals surface area contributed by atoms with E-state index in [4.69, 9.17) is 18.9 Å². The number of unbranched alkanes of at least 4 members (excludes halogenated alkanes) is 1. The lowest BCUT2D eigenvalue weighted by Crippen LogP contribution is -2.14. The number of allylic oxidation sites excluding steroid dienone is 1. The van der Waals surface area contributed by atoms with E-state index in [0.29, 0.717) is 17.2 Å². The average molecular weight is 561 g/mol. The molecule has 0 bridgehead atoms. The Morgan fingerprint density at radius 2 is 1.56 bits per heavy atom. The molecule has 1 saturated carbocycles. The molecule has 0 aliphatic heterocycles. The van der Waals surface area contributed by atoms with Crippen LogP contribution < -0.4 is 14.2 Å². The number of ether oxygens (including phenoxy) is 4. The highest BCUT2D eigenvalue weighted by atomic mass is 16.6. The van der Waals surface area contributed by atoms with Gasteiger partial charge in [-0.1, -0.05) is 63.6 Å². The van der Waals surface area contributed by atoms with Crippen LogP contribution in [0.15, 0.2) is 78.9 Å². The summed E-state index contributed by atoms with van der Waals surface area (Å²) < 4.78 is 21.3. The molecule has 1 aliphatic rings. The Labute approximate surface area is 242 Å². The van der Waals surface area contributed by atoms with E-state index in [1.807, 2.05) is 6.08 Å². The normalized spacial score (nSPS) is 16.7. The van der Waals surface area contributed by atoms with Crippen LogP contribution >= 0.6 is 0 Å². The van der Waals surface area contributed by atoms with Gasteiger partial charge in [-0.3, -0.25) is 0 Å². The molecular weight excluding hydrogens is 520 g/mol. The van der Waals surface area contributed by atoms with Crippen LogP contribution in [0.25, 0.3) is 11.1 Å². The Kier molecular flexibility index (Phi) is 12.1. The molecule has 2 aromatic carbocycles. The van der Waals surface area contributed by atoms with E-state index in [1.165, 1.54) is 45.3 Å². The third kappa shape index (κ3) is 9.87. The van der Waals surface area contributed by atoms with Crippen LogP contribution in [-0.4, -0.2) is 31.6 Å². The summed E-state index contributed by atoms with van der Waals surface area (Å²) in [6, 6.07) is 11.8. The van der Waals surface area contributed by atoms with Gasteiger partial charge in [-0.05, 0) is 79.8 Å². The Morgan fingerprint density at radius 1 is 0.878 bits per heavy atom. The summed E-state index contributed by atoms with van der Waals surface area (Å²) in [5, 5.41) is 0. The van der Waals surface area contributed by atoms with Gasteiger partial charge in [0.15, 0.2) is 11.5 Å². The van der Waals surface area contributed by atoms with Gasteiger partial charge in [-0.2, -0.15) is 0 Å². The molecule has 3 rings (SSSR count). The average Bonchev–Trinajstić information content (AvgIpc) is 2.96. The first-order valence-electron chi connectivity index (χ1n) is 14.1. The predicted octanol–water partition coefficient (Wildman–Crippen LogP) is 7.40.